The second-order valence-electron chi connectivity index (χ2n) is 3.35. The van der Waals surface area contributed by atoms with Gasteiger partial charge in [-0.25, -0.2) is 9.78 Å². The molecule has 0 aliphatic rings. The standard InChI is InChI=1S/C11H12N2O3/c1-6-12-7-4-5-8(15-2)9(10(7)13-6)11(14)16-3/h4-5H,1-3H3,(H,12,13). The quantitative estimate of drug-likeness (QED) is 0.782. The van der Waals surface area contributed by atoms with Gasteiger partial charge in [-0.1, -0.05) is 0 Å². The highest BCUT2D eigenvalue weighted by atomic mass is 16.5. The average molecular weight is 220 g/mol. The van der Waals surface area contributed by atoms with Crippen LogP contribution in [0, 0.1) is 6.92 Å². The highest BCUT2D eigenvalue weighted by molar-refractivity contribution is 6.04. The van der Waals surface area contributed by atoms with Gasteiger partial charge in [0.2, 0.25) is 0 Å². The van der Waals surface area contributed by atoms with Gasteiger partial charge in [0.1, 0.15) is 22.7 Å². The lowest BCUT2D eigenvalue weighted by molar-refractivity contribution is 0.0599. The molecule has 0 fully saturated rings. The Bertz CT molecular complexity index is 545. The van der Waals surface area contributed by atoms with Gasteiger partial charge in [0.25, 0.3) is 0 Å². The van der Waals surface area contributed by atoms with Crippen molar-refractivity contribution in [3.05, 3.63) is 23.5 Å². The van der Waals surface area contributed by atoms with E-state index in [4.69, 9.17) is 9.47 Å². The molecule has 0 amide bonds. The van der Waals surface area contributed by atoms with E-state index in [2.05, 4.69) is 9.97 Å². The minimum absolute atomic E-state index is 0.354. The second-order valence-corrected chi connectivity index (χ2v) is 3.35. The van der Waals surface area contributed by atoms with Gasteiger partial charge < -0.3 is 14.5 Å². The summed E-state index contributed by atoms with van der Waals surface area (Å²) in [5.41, 5.74) is 1.72. The lowest BCUT2D eigenvalue weighted by Gasteiger charge is -2.06. The van der Waals surface area contributed by atoms with Crippen LogP contribution in [0.5, 0.6) is 5.75 Å². The van der Waals surface area contributed by atoms with Crippen LogP contribution < -0.4 is 4.74 Å². The second kappa shape index (κ2) is 3.84. The number of nitrogens with one attached hydrogen (secondary N) is 1. The third-order valence-electron chi connectivity index (χ3n) is 2.34. The van der Waals surface area contributed by atoms with Gasteiger partial charge in [-0.05, 0) is 19.1 Å². The predicted molar refractivity (Wildman–Crippen MR) is 58.7 cm³/mol. The Morgan fingerprint density at radius 3 is 2.75 bits per heavy atom. The summed E-state index contributed by atoms with van der Waals surface area (Å²) in [5.74, 6) is 0.758. The third-order valence-corrected chi connectivity index (χ3v) is 2.34. The lowest BCUT2D eigenvalue weighted by atomic mass is 10.1. The van der Waals surface area contributed by atoms with E-state index in [1.807, 2.05) is 13.0 Å². The normalized spacial score (nSPS) is 10.4. The molecule has 0 aliphatic carbocycles. The monoisotopic (exact) mass is 220 g/mol. The Hall–Kier alpha value is -2.04. The van der Waals surface area contributed by atoms with Crippen molar-refractivity contribution in [1.82, 2.24) is 9.97 Å². The Kier molecular flexibility index (Phi) is 2.52. The molecule has 1 heterocycles. The molecule has 0 saturated heterocycles. The summed E-state index contributed by atoms with van der Waals surface area (Å²) in [6.45, 7) is 1.83. The number of imidazole rings is 1. The van der Waals surface area contributed by atoms with E-state index in [0.29, 0.717) is 16.8 Å². The zero-order chi connectivity index (χ0) is 11.7. The number of hydrogen-bond acceptors (Lipinski definition) is 4. The number of methoxy groups -OCH3 is 2. The molecule has 1 aromatic carbocycles. The van der Waals surface area contributed by atoms with Gasteiger partial charge in [-0.2, -0.15) is 0 Å². The highest BCUT2D eigenvalue weighted by Gasteiger charge is 2.19. The minimum Gasteiger partial charge on any atom is -0.496 e. The number of benzene rings is 1. The van der Waals surface area contributed by atoms with E-state index in [1.165, 1.54) is 14.2 Å². The van der Waals surface area contributed by atoms with Gasteiger partial charge in [-0.15, -0.1) is 0 Å². The number of carbonyl (C=O) groups excluding carboxylic acids is 1. The van der Waals surface area contributed by atoms with Crippen LogP contribution in [0.25, 0.3) is 11.0 Å². The van der Waals surface area contributed by atoms with Crippen molar-refractivity contribution in [1.29, 1.82) is 0 Å². The number of nitrogens with zero attached hydrogens (tertiary/aromatic N) is 1. The number of ether oxygens (including phenoxy) is 2. The molecule has 2 rings (SSSR count). The molecule has 0 atom stereocenters. The number of aromatic nitrogens is 2. The Morgan fingerprint density at radius 2 is 2.12 bits per heavy atom. The van der Waals surface area contributed by atoms with Gasteiger partial charge in [-0.3, -0.25) is 0 Å². The fourth-order valence-corrected chi connectivity index (χ4v) is 1.65. The number of rotatable bonds is 2. The molecule has 1 aromatic heterocycles. The molecular formula is C11H12N2O3. The van der Waals surface area contributed by atoms with Crippen molar-refractivity contribution in [3.63, 3.8) is 0 Å². The van der Waals surface area contributed by atoms with Crippen molar-refractivity contribution in [2.75, 3.05) is 14.2 Å². The number of esters is 1. The van der Waals surface area contributed by atoms with Crippen LogP contribution in [0.15, 0.2) is 12.1 Å². The van der Waals surface area contributed by atoms with E-state index in [1.54, 1.807) is 6.07 Å². The maximum absolute atomic E-state index is 11.7. The van der Waals surface area contributed by atoms with Gasteiger partial charge >= 0.3 is 5.97 Å². The van der Waals surface area contributed by atoms with E-state index in [-0.39, 0.29) is 0 Å². The summed E-state index contributed by atoms with van der Waals surface area (Å²) in [4.78, 5) is 19.0. The summed E-state index contributed by atoms with van der Waals surface area (Å²) in [6, 6.07) is 3.53. The molecule has 0 spiro atoms. The van der Waals surface area contributed by atoms with Crippen molar-refractivity contribution >= 4 is 17.0 Å². The molecule has 0 aliphatic heterocycles. The molecule has 2 aromatic rings. The van der Waals surface area contributed by atoms with Crippen LogP contribution >= 0.6 is 0 Å². The maximum Gasteiger partial charge on any atom is 0.343 e. The third kappa shape index (κ3) is 1.50. The first kappa shape index (κ1) is 10.5. The number of aromatic amines is 1. The van der Waals surface area contributed by atoms with Crippen LogP contribution in [0.1, 0.15) is 16.2 Å². The van der Waals surface area contributed by atoms with E-state index < -0.39 is 5.97 Å². The smallest absolute Gasteiger partial charge is 0.343 e. The first-order chi connectivity index (χ1) is 7.67. The van der Waals surface area contributed by atoms with Crippen molar-refractivity contribution in [2.24, 2.45) is 0 Å². The molecule has 84 valence electrons. The number of H-pyrrole nitrogens is 1. The van der Waals surface area contributed by atoms with Gasteiger partial charge in [0.15, 0.2) is 0 Å². The molecule has 0 radical (unpaired) electrons. The van der Waals surface area contributed by atoms with Crippen LogP contribution in [-0.2, 0) is 4.74 Å². The van der Waals surface area contributed by atoms with Crippen LogP contribution in [-0.4, -0.2) is 30.2 Å². The lowest BCUT2D eigenvalue weighted by Crippen LogP contribution is -2.05. The topological polar surface area (TPSA) is 64.2 Å². The summed E-state index contributed by atoms with van der Waals surface area (Å²) < 4.78 is 9.85. The van der Waals surface area contributed by atoms with Crippen molar-refractivity contribution in [3.8, 4) is 5.75 Å². The average Bonchev–Trinajstić information content (AvgIpc) is 2.66. The molecule has 0 saturated carbocycles. The maximum atomic E-state index is 11.7. The fourth-order valence-electron chi connectivity index (χ4n) is 1.65. The summed E-state index contributed by atoms with van der Waals surface area (Å²) >= 11 is 0. The number of carbonyl (C=O) groups is 1. The largest absolute Gasteiger partial charge is 0.496 e. The Morgan fingerprint density at radius 1 is 1.38 bits per heavy atom. The Balaban J connectivity index is 2.77. The summed E-state index contributed by atoms with van der Waals surface area (Å²) in [6.07, 6.45) is 0. The molecule has 0 unspecified atom stereocenters. The van der Waals surface area contributed by atoms with Crippen LogP contribution in [0.3, 0.4) is 0 Å². The molecule has 5 nitrogen and oxygen atoms in total. The predicted octanol–water partition coefficient (Wildman–Crippen LogP) is 1.67. The number of hydrogen-bond donors (Lipinski definition) is 1. The van der Waals surface area contributed by atoms with Crippen LogP contribution in [0.2, 0.25) is 0 Å². The summed E-state index contributed by atoms with van der Waals surface area (Å²) in [7, 11) is 2.84. The minimum atomic E-state index is -0.450. The Labute approximate surface area is 92.4 Å². The number of aryl methyl sites for hydroxylation is 1. The molecule has 1 N–H and O–H groups in total. The van der Waals surface area contributed by atoms with E-state index >= 15 is 0 Å². The van der Waals surface area contributed by atoms with E-state index in [9.17, 15) is 4.79 Å². The molecule has 16 heavy (non-hydrogen) atoms. The van der Waals surface area contributed by atoms with E-state index in [0.717, 1.165) is 11.3 Å². The van der Waals surface area contributed by atoms with Crippen molar-refractivity contribution in [2.45, 2.75) is 6.92 Å². The molecule has 0 bridgehead atoms. The first-order valence-corrected chi connectivity index (χ1v) is 4.79. The SMILES string of the molecule is COC(=O)c1c(OC)ccc2[nH]c(C)nc12. The highest BCUT2D eigenvalue weighted by Crippen LogP contribution is 2.27. The zero-order valence-corrected chi connectivity index (χ0v) is 9.33. The van der Waals surface area contributed by atoms with Crippen LogP contribution in [0.4, 0.5) is 0 Å². The molecular weight excluding hydrogens is 208 g/mol. The van der Waals surface area contributed by atoms with Gasteiger partial charge in [0.05, 0.1) is 19.7 Å². The summed E-state index contributed by atoms with van der Waals surface area (Å²) in [5, 5.41) is 0. The van der Waals surface area contributed by atoms with Crippen molar-refractivity contribution < 1.29 is 14.3 Å². The number of fused-ring (bicyclic) bond motifs is 1. The fraction of sp³-hybridized carbons (Fsp3) is 0.273. The van der Waals surface area contributed by atoms with Gasteiger partial charge in [0, 0.05) is 0 Å². The zero-order valence-electron chi connectivity index (χ0n) is 9.33. The molecule has 5 heteroatoms. The first-order valence-electron chi connectivity index (χ1n) is 4.79.